The highest BCUT2D eigenvalue weighted by atomic mass is 16.5. The molecule has 2 aromatic rings. The van der Waals surface area contributed by atoms with E-state index in [4.69, 9.17) is 10.5 Å². The number of fused-ring (bicyclic) bond motifs is 1. The van der Waals surface area contributed by atoms with E-state index in [1.807, 2.05) is 12.1 Å². The summed E-state index contributed by atoms with van der Waals surface area (Å²) < 4.78 is 5.53. The highest BCUT2D eigenvalue weighted by Crippen LogP contribution is 2.43. The number of nitrogens with zero attached hydrogens (tertiary/aromatic N) is 2. The monoisotopic (exact) mass is 335 g/mol. The van der Waals surface area contributed by atoms with E-state index in [0.717, 1.165) is 29.9 Å². The fraction of sp³-hybridized carbons (Fsp3) is 0.250. The van der Waals surface area contributed by atoms with Crippen LogP contribution in [0, 0.1) is 11.3 Å². The van der Waals surface area contributed by atoms with Crippen molar-refractivity contribution in [3.63, 3.8) is 0 Å². The summed E-state index contributed by atoms with van der Waals surface area (Å²) in [5.41, 5.74) is 9.25. The second-order valence-corrected chi connectivity index (χ2v) is 5.91. The molecule has 1 aliphatic heterocycles. The molecule has 3 N–H and O–H groups in total. The fourth-order valence-corrected chi connectivity index (χ4v) is 3.25. The highest BCUT2D eigenvalue weighted by Gasteiger charge is 2.30. The molecular weight excluding hydrogens is 314 g/mol. The molecule has 0 fully saturated rings. The van der Waals surface area contributed by atoms with Crippen molar-refractivity contribution in [2.75, 3.05) is 18.0 Å². The molecule has 2 aromatic carbocycles. The van der Waals surface area contributed by atoms with Crippen LogP contribution in [-0.4, -0.2) is 18.2 Å². The van der Waals surface area contributed by atoms with Crippen LogP contribution in [0.3, 0.4) is 0 Å². The molecular formula is C20H21N3O2. The normalized spacial score (nSPS) is 16.0. The quantitative estimate of drug-likeness (QED) is 0.894. The molecule has 0 aromatic heterocycles. The van der Waals surface area contributed by atoms with Gasteiger partial charge in [-0.2, -0.15) is 5.26 Å². The third kappa shape index (κ3) is 2.99. The van der Waals surface area contributed by atoms with Crippen molar-refractivity contribution in [1.29, 1.82) is 5.26 Å². The van der Waals surface area contributed by atoms with Crippen LogP contribution >= 0.6 is 0 Å². The maximum atomic E-state index is 9.70. The third-order valence-corrected chi connectivity index (χ3v) is 4.56. The maximum Gasteiger partial charge on any atom is 0.205 e. The van der Waals surface area contributed by atoms with Crippen molar-refractivity contribution < 1.29 is 9.84 Å². The zero-order valence-electron chi connectivity index (χ0n) is 14.4. The lowest BCUT2D eigenvalue weighted by Crippen LogP contribution is -2.22. The Labute approximate surface area is 147 Å². The van der Waals surface area contributed by atoms with Crippen LogP contribution in [0.1, 0.15) is 30.9 Å². The molecule has 1 atom stereocenters. The van der Waals surface area contributed by atoms with E-state index >= 15 is 0 Å². The minimum Gasteiger partial charge on any atom is -0.508 e. The Kier molecular flexibility index (Phi) is 4.53. The van der Waals surface area contributed by atoms with Gasteiger partial charge in [-0.3, -0.25) is 0 Å². The van der Waals surface area contributed by atoms with Gasteiger partial charge in [0.2, 0.25) is 5.88 Å². The molecule has 0 bridgehead atoms. The summed E-state index contributed by atoms with van der Waals surface area (Å²) >= 11 is 0. The molecule has 0 saturated heterocycles. The molecule has 5 nitrogen and oxygen atoms in total. The van der Waals surface area contributed by atoms with Gasteiger partial charge in [-0.25, -0.2) is 0 Å². The number of allylic oxidation sites excluding steroid dienone is 1. The predicted octanol–water partition coefficient (Wildman–Crippen LogP) is 3.46. The van der Waals surface area contributed by atoms with E-state index in [2.05, 4.69) is 36.9 Å². The van der Waals surface area contributed by atoms with Gasteiger partial charge in [-0.05, 0) is 37.6 Å². The summed E-state index contributed by atoms with van der Waals surface area (Å²) in [5, 5.41) is 19.3. The Bertz CT molecular complexity index is 846. The Morgan fingerprint density at radius 1 is 1.16 bits per heavy atom. The van der Waals surface area contributed by atoms with Crippen molar-refractivity contribution in [1.82, 2.24) is 0 Å². The van der Waals surface area contributed by atoms with Gasteiger partial charge < -0.3 is 20.5 Å². The van der Waals surface area contributed by atoms with Crippen molar-refractivity contribution in [2.45, 2.75) is 19.8 Å². The molecule has 0 saturated carbocycles. The zero-order chi connectivity index (χ0) is 18.0. The molecule has 1 aliphatic rings. The molecule has 128 valence electrons. The molecule has 3 rings (SSSR count). The summed E-state index contributed by atoms with van der Waals surface area (Å²) in [6.07, 6.45) is 0. The van der Waals surface area contributed by atoms with Gasteiger partial charge in [0.15, 0.2) is 0 Å². The Morgan fingerprint density at radius 2 is 1.84 bits per heavy atom. The SMILES string of the molecule is CCN(CC)c1ccc([C@H]2C(C#N)=C(N)Oc3cc(O)ccc32)cc1. The number of hydrogen-bond acceptors (Lipinski definition) is 5. The summed E-state index contributed by atoms with van der Waals surface area (Å²) in [5.74, 6) is 0.357. The van der Waals surface area contributed by atoms with Crippen LogP contribution in [0.15, 0.2) is 53.9 Å². The van der Waals surface area contributed by atoms with E-state index in [1.54, 1.807) is 12.1 Å². The largest absolute Gasteiger partial charge is 0.508 e. The standard InChI is InChI=1S/C20H21N3O2/c1-3-23(4-2)14-7-5-13(6-8-14)19-16-10-9-15(24)11-18(16)25-20(22)17(19)12-21/h5-11,19,24H,3-4,22H2,1-2H3/t19-/m1/s1. The minimum absolute atomic E-state index is 0.0819. The van der Waals surface area contributed by atoms with E-state index in [0.29, 0.717) is 11.3 Å². The van der Waals surface area contributed by atoms with E-state index < -0.39 is 0 Å². The van der Waals surface area contributed by atoms with Crippen LogP contribution < -0.4 is 15.4 Å². The number of aromatic hydroxyl groups is 1. The number of benzene rings is 2. The molecule has 0 unspecified atom stereocenters. The van der Waals surface area contributed by atoms with Crippen LogP contribution in [0.5, 0.6) is 11.5 Å². The van der Waals surface area contributed by atoms with Gasteiger partial charge in [-0.1, -0.05) is 18.2 Å². The number of nitrogens with two attached hydrogens (primary N) is 1. The topological polar surface area (TPSA) is 82.5 Å². The van der Waals surface area contributed by atoms with Crippen LogP contribution in [0.25, 0.3) is 0 Å². The third-order valence-electron chi connectivity index (χ3n) is 4.56. The summed E-state index contributed by atoms with van der Waals surface area (Å²) in [7, 11) is 0. The lowest BCUT2D eigenvalue weighted by atomic mass is 9.83. The first kappa shape index (κ1) is 16.7. The first-order valence-electron chi connectivity index (χ1n) is 8.34. The Hall–Kier alpha value is -3.13. The van der Waals surface area contributed by atoms with Crippen molar-refractivity contribution in [3.05, 3.63) is 65.0 Å². The molecule has 0 radical (unpaired) electrons. The number of phenols is 1. The predicted molar refractivity (Wildman–Crippen MR) is 97.4 cm³/mol. The number of rotatable bonds is 4. The van der Waals surface area contributed by atoms with Gasteiger partial charge in [0.25, 0.3) is 0 Å². The maximum absolute atomic E-state index is 9.70. The van der Waals surface area contributed by atoms with E-state index in [1.165, 1.54) is 6.07 Å². The average Bonchev–Trinajstić information content (AvgIpc) is 2.62. The number of ether oxygens (including phenoxy) is 1. The number of phenolic OH excluding ortho intramolecular Hbond substituents is 1. The van der Waals surface area contributed by atoms with Gasteiger partial charge in [0.05, 0.1) is 5.92 Å². The Morgan fingerprint density at radius 3 is 2.44 bits per heavy atom. The van der Waals surface area contributed by atoms with Crippen LogP contribution in [-0.2, 0) is 0 Å². The summed E-state index contributed by atoms with van der Waals surface area (Å²) in [4.78, 5) is 2.26. The molecule has 1 heterocycles. The minimum atomic E-state index is -0.305. The van der Waals surface area contributed by atoms with Gasteiger partial charge in [-0.15, -0.1) is 0 Å². The number of anilines is 1. The van der Waals surface area contributed by atoms with Gasteiger partial charge >= 0.3 is 0 Å². The molecule has 0 amide bonds. The molecule has 5 heteroatoms. The van der Waals surface area contributed by atoms with Crippen LogP contribution in [0.2, 0.25) is 0 Å². The molecule has 25 heavy (non-hydrogen) atoms. The van der Waals surface area contributed by atoms with Crippen molar-refractivity contribution in [2.24, 2.45) is 5.73 Å². The summed E-state index contributed by atoms with van der Waals surface area (Å²) in [6, 6.07) is 15.2. The Balaban J connectivity index is 2.07. The first-order valence-corrected chi connectivity index (χ1v) is 8.34. The van der Waals surface area contributed by atoms with Gasteiger partial charge in [0, 0.05) is 30.4 Å². The number of nitriles is 1. The summed E-state index contributed by atoms with van der Waals surface area (Å²) in [6.45, 7) is 6.11. The van der Waals surface area contributed by atoms with E-state index in [-0.39, 0.29) is 17.6 Å². The van der Waals surface area contributed by atoms with Crippen molar-refractivity contribution >= 4 is 5.69 Å². The van der Waals surface area contributed by atoms with Crippen molar-refractivity contribution in [3.8, 4) is 17.6 Å². The lowest BCUT2D eigenvalue weighted by molar-refractivity contribution is 0.388. The first-order chi connectivity index (χ1) is 12.1. The smallest absolute Gasteiger partial charge is 0.205 e. The highest BCUT2D eigenvalue weighted by molar-refractivity contribution is 5.58. The van der Waals surface area contributed by atoms with Gasteiger partial charge in [0.1, 0.15) is 23.1 Å². The van der Waals surface area contributed by atoms with E-state index in [9.17, 15) is 10.4 Å². The second-order valence-electron chi connectivity index (χ2n) is 5.91. The van der Waals surface area contributed by atoms with Crippen LogP contribution in [0.4, 0.5) is 5.69 Å². The zero-order valence-corrected chi connectivity index (χ0v) is 14.4. The lowest BCUT2D eigenvalue weighted by Gasteiger charge is -2.27. The average molecular weight is 335 g/mol. The molecule has 0 spiro atoms. The second kappa shape index (κ2) is 6.78. The molecule has 0 aliphatic carbocycles. The fourth-order valence-electron chi connectivity index (χ4n) is 3.25. The number of hydrogen-bond donors (Lipinski definition) is 2.